The molecule has 8 heteroatoms. The van der Waals surface area contributed by atoms with Crippen LogP contribution >= 0.6 is 11.8 Å². The van der Waals surface area contributed by atoms with Gasteiger partial charge in [0.05, 0.1) is 7.98 Å². The first-order valence-electron chi connectivity index (χ1n) is 10.9. The number of ether oxygens (including phenoxy) is 1. The predicted molar refractivity (Wildman–Crippen MR) is 121 cm³/mol. The van der Waals surface area contributed by atoms with Crippen molar-refractivity contribution in [2.24, 2.45) is 0 Å². The van der Waals surface area contributed by atoms with Crippen LogP contribution in [0.2, 0.25) is 0 Å². The molecule has 2 aromatic carbocycles. The third-order valence-corrected chi connectivity index (χ3v) is 5.43. The van der Waals surface area contributed by atoms with Crippen molar-refractivity contribution in [3.8, 4) is 5.75 Å². The fraction of sp³-hybridized carbons (Fsp3) is 0.417. The summed E-state index contributed by atoms with van der Waals surface area (Å²) in [5.41, 5.74) is 1.05. The van der Waals surface area contributed by atoms with Crippen LogP contribution in [0.15, 0.2) is 53.4 Å². The number of hydrogen-bond donors (Lipinski definition) is 1. The lowest BCUT2D eigenvalue weighted by Crippen LogP contribution is -2.36. The monoisotopic (exact) mass is 466 g/mol. The van der Waals surface area contributed by atoms with E-state index in [1.807, 2.05) is 18.2 Å². The van der Waals surface area contributed by atoms with Crippen LogP contribution in [0.5, 0.6) is 5.75 Å². The van der Waals surface area contributed by atoms with Gasteiger partial charge in [-0.2, -0.15) is 8.78 Å². The van der Waals surface area contributed by atoms with E-state index < -0.39 is 17.7 Å². The number of carboxylic acid groups (broad SMARTS) is 1. The number of hydrogen-bond acceptors (Lipinski definition) is 4. The minimum atomic E-state index is -2.54. The van der Waals surface area contributed by atoms with Gasteiger partial charge < -0.3 is 14.7 Å². The van der Waals surface area contributed by atoms with E-state index in [4.69, 9.17) is 11.2 Å². The van der Waals surface area contributed by atoms with Gasteiger partial charge >= 0.3 is 5.97 Å². The van der Waals surface area contributed by atoms with Crippen LogP contribution in [0, 0.1) is 0 Å². The van der Waals surface area contributed by atoms with Crippen LogP contribution in [0.3, 0.4) is 0 Å². The Kier molecular flexibility index (Phi) is 9.81. The first-order valence-corrected chi connectivity index (χ1v) is 11.2. The molecular weight excluding hydrogens is 436 g/mol. The van der Waals surface area contributed by atoms with Crippen molar-refractivity contribution in [1.82, 2.24) is 4.90 Å². The van der Waals surface area contributed by atoms with Gasteiger partial charge in [0.15, 0.2) is 0 Å². The third kappa shape index (κ3) is 8.49. The number of carbonyl (C=O) groups is 2. The van der Waals surface area contributed by atoms with Crippen molar-refractivity contribution >= 4 is 23.6 Å². The summed E-state index contributed by atoms with van der Waals surface area (Å²) in [5, 5.41) is 8.70. The zero-order chi connectivity index (χ0) is 24.4. The molecule has 2 aromatic rings. The number of amides is 1. The largest absolute Gasteiger partial charge is 0.493 e. The molecule has 0 bridgehead atoms. The van der Waals surface area contributed by atoms with Gasteiger partial charge in [-0.1, -0.05) is 30.0 Å². The van der Waals surface area contributed by atoms with Crippen molar-refractivity contribution in [2.45, 2.75) is 62.7 Å². The van der Waals surface area contributed by atoms with Gasteiger partial charge in [-0.25, -0.2) is 0 Å². The minimum Gasteiger partial charge on any atom is -0.493 e. The standard InChI is InChI=1S/C24H29F2NO4S/c1-17(2)27(23(30)18-11-13-20(14-12-18)32-24(25)26)16-19-8-5-6-9-21(19)31-15-7-3-4-10-22(28)29/h5-6,8-9,11-14,17,24H,3-4,7,10,15-16H2,1-2H3,(H,28,29)/i17D. The molecule has 0 aromatic heterocycles. The molecule has 0 fully saturated rings. The second-order valence-corrected chi connectivity index (χ2v) is 8.47. The fourth-order valence-electron chi connectivity index (χ4n) is 3.05. The summed E-state index contributed by atoms with van der Waals surface area (Å²) in [4.78, 5) is 25.5. The smallest absolute Gasteiger partial charge is 0.303 e. The van der Waals surface area contributed by atoms with Crippen molar-refractivity contribution in [3.63, 3.8) is 0 Å². The zero-order valence-electron chi connectivity index (χ0n) is 19.2. The van der Waals surface area contributed by atoms with E-state index in [-0.39, 0.29) is 18.9 Å². The quantitative estimate of drug-likeness (QED) is 0.286. The predicted octanol–water partition coefficient (Wildman–Crippen LogP) is 6.08. The van der Waals surface area contributed by atoms with E-state index in [0.717, 1.165) is 12.0 Å². The highest BCUT2D eigenvalue weighted by Gasteiger charge is 2.21. The summed E-state index contributed by atoms with van der Waals surface area (Å²) < 4.78 is 39.5. The van der Waals surface area contributed by atoms with E-state index in [1.54, 1.807) is 19.9 Å². The Bertz CT molecular complexity index is 919. The van der Waals surface area contributed by atoms with Crippen LogP contribution < -0.4 is 4.74 Å². The molecule has 174 valence electrons. The maximum Gasteiger partial charge on any atom is 0.303 e. The summed E-state index contributed by atoms with van der Waals surface area (Å²) in [5.74, 6) is -3.14. The maximum atomic E-state index is 13.2. The van der Waals surface area contributed by atoms with E-state index in [1.165, 1.54) is 29.2 Å². The van der Waals surface area contributed by atoms with Crippen LogP contribution in [0.1, 0.15) is 56.8 Å². The molecule has 0 aliphatic heterocycles. The van der Waals surface area contributed by atoms with E-state index in [0.29, 0.717) is 47.4 Å². The summed E-state index contributed by atoms with van der Waals surface area (Å²) in [6, 6.07) is 12.0. The van der Waals surface area contributed by atoms with Crippen molar-refractivity contribution in [2.75, 3.05) is 6.61 Å². The number of carboxylic acids is 1. The number of rotatable bonds is 13. The molecule has 5 nitrogen and oxygen atoms in total. The molecular formula is C24H29F2NO4S. The SMILES string of the molecule is [2H]C(C)(C)N(Cc1ccccc1OCCCCCC(=O)O)C(=O)c1ccc(SC(F)F)cc1. The average molecular weight is 467 g/mol. The Morgan fingerprint density at radius 3 is 2.41 bits per heavy atom. The lowest BCUT2D eigenvalue weighted by Gasteiger charge is -2.28. The number of carbonyl (C=O) groups excluding carboxylic acids is 1. The number of alkyl halides is 2. The average Bonchev–Trinajstić information content (AvgIpc) is 2.74. The van der Waals surface area contributed by atoms with E-state index in [2.05, 4.69) is 0 Å². The lowest BCUT2D eigenvalue weighted by atomic mass is 10.1. The first kappa shape index (κ1) is 24.0. The van der Waals surface area contributed by atoms with Crippen LogP contribution in [0.4, 0.5) is 8.78 Å². The molecule has 0 saturated heterocycles. The number of halogens is 2. The van der Waals surface area contributed by atoms with Gasteiger partial charge in [0.25, 0.3) is 11.7 Å². The topological polar surface area (TPSA) is 66.8 Å². The Morgan fingerprint density at radius 1 is 1.09 bits per heavy atom. The normalized spacial score (nSPS) is 11.8. The molecule has 2 rings (SSSR count). The molecule has 1 amide bonds. The van der Waals surface area contributed by atoms with Crippen LogP contribution in [-0.2, 0) is 11.3 Å². The third-order valence-electron chi connectivity index (χ3n) is 4.71. The molecule has 1 N–H and O–H groups in total. The molecule has 0 unspecified atom stereocenters. The Balaban J connectivity index is 2.09. The van der Waals surface area contributed by atoms with Crippen molar-refractivity contribution < 1.29 is 29.6 Å². The van der Waals surface area contributed by atoms with Gasteiger partial charge in [-0.05, 0) is 63.4 Å². The summed E-state index contributed by atoms with van der Waals surface area (Å²) in [7, 11) is 0. The van der Waals surface area contributed by atoms with Gasteiger partial charge in [-0.15, -0.1) is 0 Å². The minimum absolute atomic E-state index is 0.133. The molecule has 0 aliphatic carbocycles. The Hall–Kier alpha value is -2.61. The van der Waals surface area contributed by atoms with Crippen molar-refractivity contribution in [3.05, 3.63) is 59.7 Å². The molecule has 0 atom stereocenters. The molecule has 0 radical (unpaired) electrons. The summed E-state index contributed by atoms with van der Waals surface area (Å²) in [6.45, 7) is 3.77. The number of benzene rings is 2. The highest BCUT2D eigenvalue weighted by atomic mass is 32.2. The van der Waals surface area contributed by atoms with E-state index >= 15 is 0 Å². The number of para-hydroxylation sites is 1. The summed E-state index contributed by atoms with van der Waals surface area (Å²) >= 11 is 0.410. The zero-order valence-corrected chi connectivity index (χ0v) is 19.0. The van der Waals surface area contributed by atoms with E-state index in [9.17, 15) is 18.4 Å². The lowest BCUT2D eigenvalue weighted by molar-refractivity contribution is -0.137. The molecule has 0 aliphatic rings. The van der Waals surface area contributed by atoms with Gasteiger partial charge in [-0.3, -0.25) is 9.59 Å². The highest BCUT2D eigenvalue weighted by molar-refractivity contribution is 7.99. The second-order valence-electron chi connectivity index (χ2n) is 7.40. The Labute approximate surface area is 193 Å². The highest BCUT2D eigenvalue weighted by Crippen LogP contribution is 2.26. The number of nitrogens with zero attached hydrogens (tertiary/aromatic N) is 1. The number of unbranched alkanes of at least 4 members (excludes halogenated alkanes) is 2. The van der Waals surface area contributed by atoms with Crippen LogP contribution in [-0.4, -0.2) is 40.3 Å². The van der Waals surface area contributed by atoms with Gasteiger partial charge in [0.1, 0.15) is 5.75 Å². The molecule has 0 saturated carbocycles. The summed E-state index contributed by atoms with van der Waals surface area (Å²) in [6.07, 6.45) is 2.16. The Morgan fingerprint density at radius 2 is 1.78 bits per heavy atom. The second kappa shape index (κ2) is 13.1. The first-order chi connectivity index (χ1) is 15.6. The molecule has 0 heterocycles. The molecule has 0 spiro atoms. The van der Waals surface area contributed by atoms with Gasteiger partial charge in [0, 0.05) is 35.0 Å². The number of thioether (sulfide) groups is 1. The fourth-order valence-corrected chi connectivity index (χ4v) is 3.55. The number of aliphatic carboxylic acids is 1. The van der Waals surface area contributed by atoms with Crippen molar-refractivity contribution in [1.29, 1.82) is 0 Å². The van der Waals surface area contributed by atoms with Gasteiger partial charge in [0.2, 0.25) is 0 Å². The molecule has 32 heavy (non-hydrogen) atoms. The van der Waals surface area contributed by atoms with Crippen LogP contribution in [0.25, 0.3) is 0 Å². The maximum absolute atomic E-state index is 13.2.